The van der Waals surface area contributed by atoms with E-state index in [0.29, 0.717) is 5.56 Å². The molecule has 0 spiro atoms. The number of carbonyl (C=O) groups is 2. The maximum Gasteiger partial charge on any atom is 0.248 e. The Bertz CT molecular complexity index is 522. The molecule has 1 aromatic rings. The van der Waals surface area contributed by atoms with E-state index < -0.39 is 5.91 Å². The van der Waals surface area contributed by atoms with Crippen LogP contribution in [0.15, 0.2) is 30.3 Å². The molecule has 2 rings (SSSR count). The molecule has 0 saturated carbocycles. The van der Waals surface area contributed by atoms with Gasteiger partial charge in [-0.1, -0.05) is 12.1 Å². The number of nitrogens with zero attached hydrogens (tertiary/aromatic N) is 1. The van der Waals surface area contributed by atoms with Crippen LogP contribution < -0.4 is 11.1 Å². The maximum atomic E-state index is 12.1. The summed E-state index contributed by atoms with van der Waals surface area (Å²) < 4.78 is 0. The van der Waals surface area contributed by atoms with Gasteiger partial charge in [0.05, 0.1) is 0 Å². The molecular formula is C15H19N3O2. The van der Waals surface area contributed by atoms with Crippen LogP contribution in [0.3, 0.4) is 0 Å². The molecular weight excluding hydrogens is 254 g/mol. The van der Waals surface area contributed by atoms with Crippen molar-refractivity contribution in [3.8, 4) is 0 Å². The van der Waals surface area contributed by atoms with Crippen molar-refractivity contribution in [2.24, 2.45) is 5.73 Å². The van der Waals surface area contributed by atoms with Crippen LogP contribution in [-0.4, -0.2) is 42.4 Å². The molecule has 0 aliphatic carbocycles. The SMILES string of the molecule is CC1CNCCN1C(=O)/C=C/c1ccc(C(N)=O)cc1. The molecule has 3 N–H and O–H groups in total. The minimum atomic E-state index is -0.453. The van der Waals surface area contributed by atoms with E-state index in [4.69, 9.17) is 5.73 Å². The van der Waals surface area contributed by atoms with Gasteiger partial charge in [0.2, 0.25) is 11.8 Å². The zero-order valence-electron chi connectivity index (χ0n) is 11.5. The lowest BCUT2D eigenvalue weighted by atomic mass is 10.1. The number of hydrogen-bond donors (Lipinski definition) is 2. The fourth-order valence-electron chi connectivity index (χ4n) is 2.19. The monoisotopic (exact) mass is 273 g/mol. The molecule has 2 amide bonds. The summed E-state index contributed by atoms with van der Waals surface area (Å²) in [5.41, 5.74) is 6.50. The number of rotatable bonds is 3. The van der Waals surface area contributed by atoms with Gasteiger partial charge in [0.25, 0.3) is 0 Å². The minimum Gasteiger partial charge on any atom is -0.366 e. The summed E-state index contributed by atoms with van der Waals surface area (Å²) in [4.78, 5) is 24.9. The largest absolute Gasteiger partial charge is 0.366 e. The van der Waals surface area contributed by atoms with E-state index in [1.54, 1.807) is 36.4 Å². The van der Waals surface area contributed by atoms with Crippen molar-refractivity contribution in [3.05, 3.63) is 41.5 Å². The molecule has 1 fully saturated rings. The number of hydrogen-bond acceptors (Lipinski definition) is 3. The van der Waals surface area contributed by atoms with Crippen molar-refractivity contribution in [1.82, 2.24) is 10.2 Å². The van der Waals surface area contributed by atoms with Crippen molar-refractivity contribution in [3.63, 3.8) is 0 Å². The normalized spacial score (nSPS) is 19.2. The maximum absolute atomic E-state index is 12.1. The Labute approximate surface area is 118 Å². The third-order valence-electron chi connectivity index (χ3n) is 3.40. The predicted molar refractivity (Wildman–Crippen MR) is 78.0 cm³/mol. The van der Waals surface area contributed by atoms with Gasteiger partial charge in [-0.25, -0.2) is 0 Å². The van der Waals surface area contributed by atoms with Crippen molar-refractivity contribution in [2.75, 3.05) is 19.6 Å². The van der Waals surface area contributed by atoms with Crippen LogP contribution >= 0.6 is 0 Å². The average Bonchev–Trinajstić information content (AvgIpc) is 2.45. The van der Waals surface area contributed by atoms with Gasteiger partial charge >= 0.3 is 0 Å². The van der Waals surface area contributed by atoms with Gasteiger partial charge in [-0.2, -0.15) is 0 Å². The summed E-state index contributed by atoms with van der Waals surface area (Å²) in [5.74, 6) is -0.441. The highest BCUT2D eigenvalue weighted by atomic mass is 16.2. The third kappa shape index (κ3) is 3.45. The van der Waals surface area contributed by atoms with E-state index >= 15 is 0 Å². The third-order valence-corrected chi connectivity index (χ3v) is 3.40. The first-order valence-electron chi connectivity index (χ1n) is 6.67. The lowest BCUT2D eigenvalue weighted by molar-refractivity contribution is -0.128. The zero-order chi connectivity index (χ0) is 14.5. The van der Waals surface area contributed by atoms with Crippen LogP contribution in [0.1, 0.15) is 22.8 Å². The average molecular weight is 273 g/mol. The number of benzene rings is 1. The zero-order valence-corrected chi connectivity index (χ0v) is 11.5. The highest BCUT2D eigenvalue weighted by molar-refractivity contribution is 5.94. The second-order valence-corrected chi connectivity index (χ2v) is 4.90. The Morgan fingerprint density at radius 1 is 1.35 bits per heavy atom. The molecule has 1 aromatic carbocycles. The van der Waals surface area contributed by atoms with Crippen LogP contribution in [0.4, 0.5) is 0 Å². The highest BCUT2D eigenvalue weighted by Crippen LogP contribution is 2.08. The molecule has 1 saturated heterocycles. The second-order valence-electron chi connectivity index (χ2n) is 4.90. The first-order valence-corrected chi connectivity index (χ1v) is 6.67. The molecule has 20 heavy (non-hydrogen) atoms. The minimum absolute atomic E-state index is 0.0120. The number of primary amides is 1. The van der Waals surface area contributed by atoms with Gasteiger partial charge in [-0.3, -0.25) is 9.59 Å². The van der Waals surface area contributed by atoms with E-state index in [2.05, 4.69) is 5.32 Å². The fourth-order valence-corrected chi connectivity index (χ4v) is 2.19. The van der Waals surface area contributed by atoms with Gasteiger partial charge in [-0.15, -0.1) is 0 Å². The van der Waals surface area contributed by atoms with Crippen LogP contribution in [0, 0.1) is 0 Å². The van der Waals surface area contributed by atoms with Gasteiger partial charge in [0.15, 0.2) is 0 Å². The van der Waals surface area contributed by atoms with E-state index in [0.717, 1.165) is 25.2 Å². The summed E-state index contributed by atoms with van der Waals surface area (Å²) in [6, 6.07) is 7.05. The Kier molecular flexibility index (Phi) is 4.53. The topological polar surface area (TPSA) is 75.4 Å². The smallest absolute Gasteiger partial charge is 0.248 e. The quantitative estimate of drug-likeness (QED) is 0.793. The Morgan fingerprint density at radius 3 is 2.65 bits per heavy atom. The van der Waals surface area contributed by atoms with Gasteiger partial charge in [-0.05, 0) is 30.7 Å². The molecule has 0 radical (unpaired) electrons. The van der Waals surface area contributed by atoms with Gasteiger partial charge < -0.3 is 16.0 Å². The van der Waals surface area contributed by atoms with Gasteiger partial charge in [0, 0.05) is 37.3 Å². The lowest BCUT2D eigenvalue weighted by Crippen LogP contribution is -2.51. The second kappa shape index (κ2) is 6.34. The summed E-state index contributed by atoms with van der Waals surface area (Å²) in [6.45, 7) is 4.41. The molecule has 106 valence electrons. The first kappa shape index (κ1) is 14.3. The molecule has 1 heterocycles. The van der Waals surface area contributed by atoms with Crippen molar-refractivity contribution in [1.29, 1.82) is 0 Å². The van der Waals surface area contributed by atoms with Crippen LogP contribution in [0.5, 0.6) is 0 Å². The number of nitrogens with one attached hydrogen (secondary N) is 1. The highest BCUT2D eigenvalue weighted by Gasteiger charge is 2.20. The molecule has 5 nitrogen and oxygen atoms in total. The number of amides is 2. The molecule has 1 unspecified atom stereocenters. The first-order chi connectivity index (χ1) is 9.58. The Hall–Kier alpha value is -2.14. The van der Waals surface area contributed by atoms with Crippen molar-refractivity contribution in [2.45, 2.75) is 13.0 Å². The number of carbonyl (C=O) groups excluding carboxylic acids is 2. The fraction of sp³-hybridized carbons (Fsp3) is 0.333. The number of nitrogens with two attached hydrogens (primary N) is 1. The summed E-state index contributed by atoms with van der Waals surface area (Å²) in [5, 5.41) is 3.25. The summed E-state index contributed by atoms with van der Waals surface area (Å²) in [6.07, 6.45) is 3.32. The molecule has 1 aliphatic rings. The van der Waals surface area contributed by atoms with Crippen molar-refractivity contribution < 1.29 is 9.59 Å². The number of piperazine rings is 1. The Balaban J connectivity index is 2.01. The van der Waals surface area contributed by atoms with E-state index in [9.17, 15) is 9.59 Å². The van der Waals surface area contributed by atoms with Crippen LogP contribution in [-0.2, 0) is 4.79 Å². The molecule has 0 bridgehead atoms. The summed E-state index contributed by atoms with van der Waals surface area (Å²) in [7, 11) is 0. The molecule has 1 atom stereocenters. The molecule has 0 aromatic heterocycles. The standard InChI is InChI=1S/C15H19N3O2/c1-11-10-17-8-9-18(11)14(19)7-4-12-2-5-13(6-3-12)15(16)20/h2-7,11,17H,8-10H2,1H3,(H2,16,20)/b7-4+. The van der Waals surface area contributed by atoms with Crippen LogP contribution in [0.2, 0.25) is 0 Å². The van der Waals surface area contributed by atoms with E-state index in [1.807, 2.05) is 11.8 Å². The predicted octanol–water partition coefficient (Wildman–Crippen LogP) is 0.619. The van der Waals surface area contributed by atoms with E-state index in [1.165, 1.54) is 0 Å². The van der Waals surface area contributed by atoms with E-state index in [-0.39, 0.29) is 11.9 Å². The van der Waals surface area contributed by atoms with Gasteiger partial charge in [0.1, 0.15) is 0 Å². The van der Waals surface area contributed by atoms with Crippen LogP contribution in [0.25, 0.3) is 6.08 Å². The summed E-state index contributed by atoms with van der Waals surface area (Å²) >= 11 is 0. The Morgan fingerprint density at radius 2 is 2.05 bits per heavy atom. The van der Waals surface area contributed by atoms with Crippen molar-refractivity contribution >= 4 is 17.9 Å². The molecule has 1 aliphatic heterocycles. The lowest BCUT2D eigenvalue weighted by Gasteiger charge is -2.33. The molecule has 5 heteroatoms.